The number of aliphatic imine (C=N–C) groups is 1. The molecule has 0 aliphatic carbocycles. The number of hydrogen-bond donors (Lipinski definition) is 1. The first kappa shape index (κ1) is 9.13. The highest BCUT2D eigenvalue weighted by Crippen LogP contribution is 2.01. The summed E-state index contributed by atoms with van der Waals surface area (Å²) in [6.07, 6.45) is 1.78. The molecule has 1 saturated heterocycles. The van der Waals surface area contributed by atoms with Crippen molar-refractivity contribution in [3.63, 3.8) is 0 Å². The van der Waals surface area contributed by atoms with Gasteiger partial charge in [-0.25, -0.2) is 4.99 Å². The van der Waals surface area contributed by atoms with Gasteiger partial charge in [-0.15, -0.1) is 0 Å². The summed E-state index contributed by atoms with van der Waals surface area (Å²) in [6, 6.07) is 0. The van der Waals surface area contributed by atoms with E-state index in [1.54, 1.807) is 6.92 Å². The van der Waals surface area contributed by atoms with E-state index in [1.165, 1.54) is 0 Å². The molecule has 12 heavy (non-hydrogen) atoms. The molecule has 3 nitrogen and oxygen atoms in total. The number of hydrogen-bond acceptors (Lipinski definition) is 2. The third-order valence-corrected chi connectivity index (χ3v) is 1.81. The van der Waals surface area contributed by atoms with Gasteiger partial charge in [0.2, 0.25) is 0 Å². The number of amides is 1. The summed E-state index contributed by atoms with van der Waals surface area (Å²) < 4.78 is 0. The number of piperidine rings is 1. The summed E-state index contributed by atoms with van der Waals surface area (Å²) >= 11 is 0. The van der Waals surface area contributed by atoms with Crippen molar-refractivity contribution in [3.8, 4) is 0 Å². The Hall–Kier alpha value is -0.960. The van der Waals surface area contributed by atoms with Crippen LogP contribution in [0.1, 0.15) is 19.8 Å². The maximum atomic E-state index is 11.1. The maximum absolute atomic E-state index is 11.1. The van der Waals surface area contributed by atoms with E-state index in [0.717, 1.165) is 31.6 Å². The van der Waals surface area contributed by atoms with Crippen LogP contribution in [0.3, 0.4) is 0 Å². The molecule has 1 fully saturated rings. The lowest BCUT2D eigenvalue weighted by atomic mass is 10.1. The molecule has 1 aliphatic heterocycles. The van der Waals surface area contributed by atoms with Gasteiger partial charge >= 0.3 is 0 Å². The molecule has 0 bridgehead atoms. The summed E-state index contributed by atoms with van der Waals surface area (Å²) in [5, 5.41) is 3.20. The maximum Gasteiger partial charge on any atom is 0.271 e. The highest BCUT2D eigenvalue weighted by atomic mass is 16.1. The lowest BCUT2D eigenvalue weighted by Gasteiger charge is -2.13. The molecule has 0 radical (unpaired) electrons. The van der Waals surface area contributed by atoms with E-state index in [2.05, 4.69) is 16.9 Å². The van der Waals surface area contributed by atoms with Crippen molar-refractivity contribution in [2.45, 2.75) is 19.8 Å². The molecule has 0 aromatic heterocycles. The van der Waals surface area contributed by atoms with Gasteiger partial charge in [0.05, 0.1) is 0 Å². The van der Waals surface area contributed by atoms with Gasteiger partial charge in [0.1, 0.15) is 0 Å². The summed E-state index contributed by atoms with van der Waals surface area (Å²) in [5.74, 6) is -0.174. The number of nitrogens with one attached hydrogen (secondary N) is 1. The van der Waals surface area contributed by atoms with Crippen molar-refractivity contribution >= 4 is 11.6 Å². The first-order valence-electron chi connectivity index (χ1n) is 4.17. The van der Waals surface area contributed by atoms with Crippen LogP contribution in [0, 0.1) is 0 Å². The van der Waals surface area contributed by atoms with Crippen LogP contribution in [-0.4, -0.2) is 24.7 Å². The van der Waals surface area contributed by atoms with Gasteiger partial charge < -0.3 is 5.32 Å². The predicted molar refractivity (Wildman–Crippen MR) is 49.4 cm³/mol. The molecule has 1 amide bonds. The second kappa shape index (κ2) is 4.16. The van der Waals surface area contributed by atoms with Gasteiger partial charge in [-0.3, -0.25) is 4.79 Å². The Labute approximate surface area is 72.6 Å². The van der Waals surface area contributed by atoms with E-state index >= 15 is 0 Å². The van der Waals surface area contributed by atoms with E-state index in [-0.39, 0.29) is 5.91 Å². The highest BCUT2D eigenvalue weighted by molar-refractivity contribution is 6.03. The molecule has 0 saturated carbocycles. The monoisotopic (exact) mass is 166 g/mol. The van der Waals surface area contributed by atoms with E-state index in [0.29, 0.717) is 5.57 Å². The molecule has 66 valence electrons. The molecule has 1 heterocycles. The summed E-state index contributed by atoms with van der Waals surface area (Å²) in [6.45, 7) is 7.10. The van der Waals surface area contributed by atoms with Gasteiger partial charge in [0.25, 0.3) is 5.91 Å². The average molecular weight is 166 g/mol. The molecule has 0 atom stereocenters. The van der Waals surface area contributed by atoms with Crippen LogP contribution < -0.4 is 5.32 Å². The first-order valence-corrected chi connectivity index (χ1v) is 4.17. The summed E-state index contributed by atoms with van der Waals surface area (Å²) in [4.78, 5) is 15.1. The number of carbonyl (C=O) groups is 1. The van der Waals surface area contributed by atoms with Crippen molar-refractivity contribution in [3.05, 3.63) is 12.2 Å². The Morgan fingerprint density at radius 1 is 1.50 bits per heavy atom. The quantitative estimate of drug-likeness (QED) is 0.588. The minimum Gasteiger partial charge on any atom is -0.316 e. The zero-order valence-electron chi connectivity index (χ0n) is 7.39. The van der Waals surface area contributed by atoms with E-state index in [9.17, 15) is 4.79 Å². The molecule has 3 heteroatoms. The highest BCUT2D eigenvalue weighted by Gasteiger charge is 2.08. The Bertz CT molecular complexity index is 223. The molecule has 0 aromatic rings. The minimum atomic E-state index is -0.174. The second-order valence-corrected chi connectivity index (χ2v) is 3.01. The van der Waals surface area contributed by atoms with Crippen molar-refractivity contribution in [2.24, 2.45) is 4.99 Å². The average Bonchev–Trinajstić information content (AvgIpc) is 2.06. The fourth-order valence-corrected chi connectivity index (χ4v) is 1.07. The lowest BCUT2D eigenvalue weighted by Crippen LogP contribution is -2.28. The molecule has 1 aliphatic rings. The van der Waals surface area contributed by atoms with Crippen molar-refractivity contribution in [1.82, 2.24) is 5.32 Å². The van der Waals surface area contributed by atoms with Crippen LogP contribution in [0.2, 0.25) is 0 Å². The van der Waals surface area contributed by atoms with Crippen LogP contribution in [0.15, 0.2) is 17.1 Å². The fraction of sp³-hybridized carbons (Fsp3) is 0.556. The Kier molecular flexibility index (Phi) is 3.17. The van der Waals surface area contributed by atoms with E-state index < -0.39 is 0 Å². The van der Waals surface area contributed by atoms with Crippen LogP contribution in [0.25, 0.3) is 0 Å². The normalized spacial score (nSPS) is 17.2. The Balaban J connectivity index is 2.54. The van der Waals surface area contributed by atoms with Gasteiger partial charge in [0, 0.05) is 24.4 Å². The zero-order valence-corrected chi connectivity index (χ0v) is 7.39. The number of rotatable bonds is 1. The topological polar surface area (TPSA) is 41.5 Å². The molecular weight excluding hydrogens is 152 g/mol. The SMILES string of the molecule is C=C(C)C(=O)N=C1CCNCC1. The Morgan fingerprint density at radius 3 is 2.58 bits per heavy atom. The predicted octanol–water partition coefficient (Wildman–Crippen LogP) is 0.913. The summed E-state index contributed by atoms with van der Waals surface area (Å²) in [5.41, 5.74) is 1.52. The van der Waals surface area contributed by atoms with Crippen molar-refractivity contribution in [2.75, 3.05) is 13.1 Å². The number of carbonyl (C=O) groups excluding carboxylic acids is 1. The van der Waals surface area contributed by atoms with Gasteiger partial charge in [0.15, 0.2) is 0 Å². The molecule has 0 aromatic carbocycles. The number of nitrogens with zero attached hydrogens (tertiary/aromatic N) is 1. The summed E-state index contributed by atoms with van der Waals surface area (Å²) in [7, 11) is 0. The zero-order chi connectivity index (χ0) is 8.97. The fourth-order valence-electron chi connectivity index (χ4n) is 1.07. The molecule has 0 spiro atoms. The molecule has 1 N–H and O–H groups in total. The second-order valence-electron chi connectivity index (χ2n) is 3.01. The molecular formula is C9H14N2O. The lowest BCUT2D eigenvalue weighted by molar-refractivity contribution is -0.114. The van der Waals surface area contributed by atoms with Crippen molar-refractivity contribution in [1.29, 1.82) is 0 Å². The van der Waals surface area contributed by atoms with Crippen LogP contribution in [0.4, 0.5) is 0 Å². The van der Waals surface area contributed by atoms with Crippen LogP contribution >= 0.6 is 0 Å². The standard InChI is InChI=1S/C9H14N2O/c1-7(2)9(12)11-8-3-5-10-6-4-8/h10H,1,3-6H2,2H3. The van der Waals surface area contributed by atoms with E-state index in [1.807, 2.05) is 0 Å². The molecule has 1 rings (SSSR count). The minimum absolute atomic E-state index is 0.174. The molecule has 0 unspecified atom stereocenters. The van der Waals surface area contributed by atoms with Gasteiger partial charge in [-0.1, -0.05) is 6.58 Å². The first-order chi connectivity index (χ1) is 5.70. The van der Waals surface area contributed by atoms with Crippen molar-refractivity contribution < 1.29 is 4.79 Å². The van der Waals surface area contributed by atoms with Gasteiger partial charge in [-0.2, -0.15) is 0 Å². The van der Waals surface area contributed by atoms with E-state index in [4.69, 9.17) is 0 Å². The third-order valence-electron chi connectivity index (χ3n) is 1.81. The largest absolute Gasteiger partial charge is 0.316 e. The Morgan fingerprint density at radius 2 is 2.08 bits per heavy atom. The van der Waals surface area contributed by atoms with Crippen LogP contribution in [0.5, 0.6) is 0 Å². The van der Waals surface area contributed by atoms with Gasteiger partial charge in [-0.05, 0) is 19.8 Å². The van der Waals surface area contributed by atoms with Crippen LogP contribution in [-0.2, 0) is 4.79 Å². The smallest absolute Gasteiger partial charge is 0.271 e. The third kappa shape index (κ3) is 2.58.